The fourth-order valence-corrected chi connectivity index (χ4v) is 1.77. The summed E-state index contributed by atoms with van der Waals surface area (Å²) >= 11 is 0. The summed E-state index contributed by atoms with van der Waals surface area (Å²) in [6.07, 6.45) is 0.677. The maximum absolute atomic E-state index is 10.5. The van der Waals surface area contributed by atoms with Gasteiger partial charge in [-0.05, 0) is 32.4 Å². The lowest BCUT2D eigenvalue weighted by Gasteiger charge is -2.20. The fraction of sp³-hybridized carbons (Fsp3) is 0.333. The molecule has 0 spiro atoms. The van der Waals surface area contributed by atoms with E-state index in [9.17, 15) is 4.79 Å². The van der Waals surface area contributed by atoms with Crippen LogP contribution in [0.25, 0.3) is 11.0 Å². The molecule has 0 unspecified atom stereocenters. The van der Waals surface area contributed by atoms with Gasteiger partial charge in [-0.25, -0.2) is 0 Å². The highest BCUT2D eigenvalue weighted by atomic mass is 16.5. The van der Waals surface area contributed by atoms with E-state index in [1.165, 1.54) is 0 Å². The van der Waals surface area contributed by atoms with E-state index in [2.05, 4.69) is 10.5 Å². The molecule has 1 heterocycles. The highest BCUT2D eigenvalue weighted by molar-refractivity contribution is 5.83. The number of para-hydroxylation sites is 1. The van der Waals surface area contributed by atoms with E-state index in [1.54, 1.807) is 0 Å². The molecule has 1 N–H and O–H groups in total. The summed E-state index contributed by atoms with van der Waals surface area (Å²) in [5, 5.41) is 7.73. The molecule has 16 heavy (non-hydrogen) atoms. The Bertz CT molecular complexity index is 529. The molecule has 0 bridgehead atoms. The van der Waals surface area contributed by atoms with Crippen LogP contribution >= 0.6 is 0 Å². The number of aromatic nitrogens is 1. The van der Waals surface area contributed by atoms with Crippen LogP contribution in [0.2, 0.25) is 0 Å². The lowest BCUT2D eigenvalue weighted by molar-refractivity contribution is -0.111. The number of hydrogen-bond acceptors (Lipinski definition) is 3. The Morgan fingerprint density at radius 2 is 2.19 bits per heavy atom. The van der Waals surface area contributed by atoms with Crippen LogP contribution < -0.4 is 5.32 Å². The van der Waals surface area contributed by atoms with Crippen LogP contribution in [0.5, 0.6) is 0 Å². The van der Waals surface area contributed by atoms with Crippen molar-refractivity contribution >= 4 is 17.4 Å². The largest absolute Gasteiger partial charge is 0.356 e. The van der Waals surface area contributed by atoms with E-state index in [0.717, 1.165) is 22.2 Å². The molecule has 0 aliphatic heterocycles. The maximum atomic E-state index is 10.5. The molecule has 0 aliphatic carbocycles. The van der Waals surface area contributed by atoms with Gasteiger partial charge in [0.05, 0.1) is 5.54 Å². The number of hydrogen-bond donors (Lipinski definition) is 1. The number of benzene rings is 1. The molecule has 0 aliphatic rings. The summed E-state index contributed by atoms with van der Waals surface area (Å²) in [6.45, 7) is 5.75. The minimum atomic E-state index is -0.527. The van der Waals surface area contributed by atoms with Gasteiger partial charge in [-0.3, -0.25) is 4.79 Å². The van der Waals surface area contributed by atoms with Gasteiger partial charge in [0.15, 0.2) is 5.58 Å². The molecule has 1 aromatic heterocycles. The molecule has 1 amide bonds. The summed E-state index contributed by atoms with van der Waals surface area (Å²) in [5.41, 5.74) is 2.04. The smallest absolute Gasteiger partial charge is 0.207 e. The Hall–Kier alpha value is -1.84. The summed E-state index contributed by atoms with van der Waals surface area (Å²) in [5.74, 6) is 0. The number of nitrogens with one attached hydrogen (secondary N) is 1. The van der Waals surface area contributed by atoms with Crippen molar-refractivity contribution in [3.63, 3.8) is 0 Å². The standard InChI is InChI=1S/C12H14N2O2/c1-8-5-4-6-9-10(8)16-14-11(9)12(2,3)13-7-15/h4-7H,1-3H3,(H,13,15). The van der Waals surface area contributed by atoms with Gasteiger partial charge in [0.25, 0.3) is 0 Å². The van der Waals surface area contributed by atoms with Crippen molar-refractivity contribution in [2.75, 3.05) is 0 Å². The number of fused-ring (bicyclic) bond motifs is 1. The van der Waals surface area contributed by atoms with Gasteiger partial charge >= 0.3 is 0 Å². The number of carbonyl (C=O) groups excluding carboxylic acids is 1. The maximum Gasteiger partial charge on any atom is 0.207 e. The van der Waals surface area contributed by atoms with E-state index in [-0.39, 0.29) is 0 Å². The van der Waals surface area contributed by atoms with Crippen LogP contribution in [0.1, 0.15) is 25.1 Å². The molecule has 0 fully saturated rings. The number of rotatable bonds is 3. The molecule has 4 nitrogen and oxygen atoms in total. The Labute approximate surface area is 93.6 Å². The second-order valence-corrected chi connectivity index (χ2v) is 4.37. The van der Waals surface area contributed by atoms with E-state index >= 15 is 0 Å². The van der Waals surface area contributed by atoms with Crippen LogP contribution in [0, 0.1) is 6.92 Å². The first-order chi connectivity index (χ1) is 7.56. The summed E-state index contributed by atoms with van der Waals surface area (Å²) in [4.78, 5) is 10.5. The molecule has 84 valence electrons. The van der Waals surface area contributed by atoms with Crippen molar-refractivity contribution in [3.05, 3.63) is 29.5 Å². The van der Waals surface area contributed by atoms with Gasteiger partial charge in [0.1, 0.15) is 5.69 Å². The average molecular weight is 218 g/mol. The Kier molecular flexibility index (Phi) is 2.42. The SMILES string of the molecule is Cc1cccc2c(C(C)(C)NC=O)noc12. The van der Waals surface area contributed by atoms with E-state index in [0.29, 0.717) is 6.41 Å². The molecule has 4 heteroatoms. The van der Waals surface area contributed by atoms with Gasteiger partial charge in [-0.2, -0.15) is 0 Å². The average Bonchev–Trinajstić information content (AvgIpc) is 2.63. The number of amides is 1. The Morgan fingerprint density at radius 3 is 2.88 bits per heavy atom. The quantitative estimate of drug-likeness (QED) is 0.803. The summed E-state index contributed by atoms with van der Waals surface area (Å²) < 4.78 is 5.31. The molecule has 0 radical (unpaired) electrons. The second kappa shape index (κ2) is 3.63. The zero-order chi connectivity index (χ0) is 11.8. The van der Waals surface area contributed by atoms with Crippen molar-refractivity contribution in [3.8, 4) is 0 Å². The Balaban J connectivity index is 2.62. The highest BCUT2D eigenvalue weighted by Gasteiger charge is 2.26. The van der Waals surface area contributed by atoms with E-state index in [1.807, 2.05) is 39.0 Å². The normalized spacial score (nSPS) is 11.7. The lowest BCUT2D eigenvalue weighted by Crippen LogP contribution is -2.35. The molecule has 0 saturated carbocycles. The van der Waals surface area contributed by atoms with Crippen molar-refractivity contribution in [1.82, 2.24) is 10.5 Å². The predicted octanol–water partition coefficient (Wildman–Crippen LogP) is 2.12. The van der Waals surface area contributed by atoms with E-state index < -0.39 is 5.54 Å². The molecule has 1 aromatic carbocycles. The summed E-state index contributed by atoms with van der Waals surface area (Å²) in [7, 11) is 0. The molecule has 0 saturated heterocycles. The molecular weight excluding hydrogens is 204 g/mol. The van der Waals surface area contributed by atoms with Crippen LogP contribution in [0.15, 0.2) is 22.7 Å². The zero-order valence-electron chi connectivity index (χ0n) is 9.57. The summed E-state index contributed by atoms with van der Waals surface area (Å²) in [6, 6.07) is 5.87. The fourth-order valence-electron chi connectivity index (χ4n) is 1.77. The number of carbonyl (C=O) groups is 1. The predicted molar refractivity (Wildman–Crippen MR) is 61.0 cm³/mol. The lowest BCUT2D eigenvalue weighted by atomic mass is 9.97. The van der Waals surface area contributed by atoms with Gasteiger partial charge in [0.2, 0.25) is 6.41 Å². The van der Waals surface area contributed by atoms with Crippen LogP contribution in [-0.4, -0.2) is 11.6 Å². The Morgan fingerprint density at radius 1 is 1.44 bits per heavy atom. The van der Waals surface area contributed by atoms with Crippen molar-refractivity contribution in [1.29, 1.82) is 0 Å². The minimum absolute atomic E-state index is 0.527. The van der Waals surface area contributed by atoms with E-state index in [4.69, 9.17) is 4.52 Å². The van der Waals surface area contributed by atoms with Crippen molar-refractivity contribution in [2.24, 2.45) is 0 Å². The number of aryl methyl sites for hydroxylation is 1. The van der Waals surface area contributed by atoms with Gasteiger partial charge in [-0.1, -0.05) is 17.3 Å². The molecule has 0 atom stereocenters. The first-order valence-corrected chi connectivity index (χ1v) is 5.13. The minimum Gasteiger partial charge on any atom is -0.356 e. The third-order valence-corrected chi connectivity index (χ3v) is 2.71. The van der Waals surface area contributed by atoms with Crippen molar-refractivity contribution < 1.29 is 9.32 Å². The molecule has 2 aromatic rings. The van der Waals surface area contributed by atoms with Gasteiger partial charge in [-0.15, -0.1) is 0 Å². The first-order valence-electron chi connectivity index (χ1n) is 5.13. The van der Waals surface area contributed by atoms with Crippen LogP contribution in [0.4, 0.5) is 0 Å². The van der Waals surface area contributed by atoms with Crippen LogP contribution in [-0.2, 0) is 10.3 Å². The number of nitrogens with zero attached hydrogens (tertiary/aromatic N) is 1. The monoisotopic (exact) mass is 218 g/mol. The first kappa shape index (κ1) is 10.7. The van der Waals surface area contributed by atoms with Crippen LogP contribution in [0.3, 0.4) is 0 Å². The second-order valence-electron chi connectivity index (χ2n) is 4.37. The van der Waals surface area contributed by atoms with Crippen molar-refractivity contribution in [2.45, 2.75) is 26.3 Å². The third-order valence-electron chi connectivity index (χ3n) is 2.71. The zero-order valence-corrected chi connectivity index (χ0v) is 9.57. The molecule has 2 rings (SSSR count). The molecular formula is C12H14N2O2. The van der Waals surface area contributed by atoms with Gasteiger partial charge < -0.3 is 9.84 Å². The highest BCUT2D eigenvalue weighted by Crippen LogP contribution is 2.28. The van der Waals surface area contributed by atoms with Gasteiger partial charge in [0, 0.05) is 5.39 Å². The third kappa shape index (κ3) is 1.56. The topological polar surface area (TPSA) is 55.1 Å².